The molecule has 0 bridgehead atoms. The van der Waals surface area contributed by atoms with Gasteiger partial charge in [-0.1, -0.05) is 25.8 Å². The van der Waals surface area contributed by atoms with Crippen LogP contribution in [0.3, 0.4) is 0 Å². The lowest BCUT2D eigenvalue weighted by Gasteiger charge is -2.28. The fraction of sp³-hybridized carbons (Fsp3) is 0.750. The van der Waals surface area contributed by atoms with Gasteiger partial charge in [0.1, 0.15) is 0 Å². The molecule has 0 aromatic rings. The number of rotatable bonds is 4. The van der Waals surface area contributed by atoms with Crippen LogP contribution in [-0.4, -0.2) is 18.0 Å². The second-order valence-corrected chi connectivity index (χ2v) is 4.61. The molecule has 0 aromatic heterocycles. The Morgan fingerprint density at radius 2 is 2.40 bits per heavy atom. The van der Waals surface area contributed by atoms with Gasteiger partial charge in [0.15, 0.2) is 0 Å². The van der Waals surface area contributed by atoms with Crippen molar-refractivity contribution in [2.24, 2.45) is 11.7 Å². The van der Waals surface area contributed by atoms with Crippen molar-refractivity contribution in [2.75, 3.05) is 0 Å². The third-order valence-corrected chi connectivity index (χ3v) is 3.04. The average Bonchev–Trinajstić information content (AvgIpc) is 2.18. The summed E-state index contributed by atoms with van der Waals surface area (Å²) in [4.78, 5) is 11.6. The van der Waals surface area contributed by atoms with E-state index in [0.717, 1.165) is 18.8 Å². The van der Waals surface area contributed by atoms with Crippen molar-refractivity contribution < 1.29 is 4.79 Å². The van der Waals surface area contributed by atoms with Gasteiger partial charge in [0, 0.05) is 6.04 Å². The molecule has 3 N–H and O–H groups in total. The number of carbonyl (C=O) groups excluding carboxylic acids is 1. The lowest BCUT2D eigenvalue weighted by atomic mass is 9.87. The molecule has 3 atom stereocenters. The zero-order valence-corrected chi connectivity index (χ0v) is 9.54. The summed E-state index contributed by atoms with van der Waals surface area (Å²) in [7, 11) is 0. The number of nitrogens with one attached hydrogen (secondary N) is 1. The van der Waals surface area contributed by atoms with E-state index in [4.69, 9.17) is 5.73 Å². The van der Waals surface area contributed by atoms with E-state index in [1.54, 1.807) is 6.08 Å². The number of amides is 1. The Labute approximate surface area is 92.1 Å². The molecule has 1 fully saturated rings. The molecule has 15 heavy (non-hydrogen) atoms. The Morgan fingerprint density at radius 1 is 1.67 bits per heavy atom. The zero-order valence-electron chi connectivity index (χ0n) is 9.54. The second kappa shape index (κ2) is 5.91. The molecule has 86 valence electrons. The predicted octanol–water partition coefficient (Wildman–Crippen LogP) is 1.58. The van der Waals surface area contributed by atoms with Crippen LogP contribution in [-0.2, 0) is 4.79 Å². The highest BCUT2D eigenvalue weighted by Crippen LogP contribution is 2.23. The Balaban J connectivity index is 2.33. The van der Waals surface area contributed by atoms with Crippen LogP contribution in [0.2, 0.25) is 0 Å². The van der Waals surface area contributed by atoms with E-state index in [9.17, 15) is 4.79 Å². The molecule has 1 aliphatic carbocycles. The summed E-state index contributed by atoms with van der Waals surface area (Å²) in [5.74, 6) is 0.689. The molecule has 0 saturated heterocycles. The number of hydrogen-bond donors (Lipinski definition) is 2. The molecule has 1 saturated carbocycles. The standard InChI is InChI=1S/C12H22N2O/c1-3-5-11(13)12(15)14-10-7-4-6-9(2)8-10/h3,9-11H,1,4-8,13H2,2H3,(H,14,15). The summed E-state index contributed by atoms with van der Waals surface area (Å²) in [6.07, 6.45) is 6.92. The zero-order chi connectivity index (χ0) is 11.3. The molecule has 3 unspecified atom stereocenters. The van der Waals surface area contributed by atoms with Crippen molar-refractivity contribution in [1.29, 1.82) is 0 Å². The maximum atomic E-state index is 11.6. The molecule has 0 aliphatic heterocycles. The Hall–Kier alpha value is -0.830. The summed E-state index contributed by atoms with van der Waals surface area (Å²) >= 11 is 0. The van der Waals surface area contributed by atoms with E-state index in [1.807, 2.05) is 0 Å². The topological polar surface area (TPSA) is 55.1 Å². The van der Waals surface area contributed by atoms with E-state index in [1.165, 1.54) is 12.8 Å². The smallest absolute Gasteiger partial charge is 0.237 e. The van der Waals surface area contributed by atoms with Crippen LogP contribution in [0.4, 0.5) is 0 Å². The van der Waals surface area contributed by atoms with Gasteiger partial charge in [-0.2, -0.15) is 0 Å². The van der Waals surface area contributed by atoms with Crippen LogP contribution < -0.4 is 11.1 Å². The minimum atomic E-state index is -0.431. The third-order valence-electron chi connectivity index (χ3n) is 3.04. The van der Waals surface area contributed by atoms with Crippen LogP contribution in [0.25, 0.3) is 0 Å². The summed E-state index contributed by atoms with van der Waals surface area (Å²) in [6.45, 7) is 5.82. The van der Waals surface area contributed by atoms with Crippen molar-refractivity contribution in [3.8, 4) is 0 Å². The minimum absolute atomic E-state index is 0.0333. The highest BCUT2D eigenvalue weighted by molar-refractivity contribution is 5.81. The Bertz CT molecular complexity index is 228. The molecule has 1 rings (SSSR count). The molecule has 0 heterocycles. The maximum absolute atomic E-state index is 11.6. The van der Waals surface area contributed by atoms with E-state index in [0.29, 0.717) is 12.5 Å². The molecule has 3 nitrogen and oxygen atoms in total. The van der Waals surface area contributed by atoms with Crippen molar-refractivity contribution >= 4 is 5.91 Å². The van der Waals surface area contributed by atoms with Gasteiger partial charge in [-0.3, -0.25) is 4.79 Å². The monoisotopic (exact) mass is 210 g/mol. The molecule has 3 heteroatoms. The normalized spacial score (nSPS) is 28.1. The van der Waals surface area contributed by atoms with E-state index in [2.05, 4.69) is 18.8 Å². The van der Waals surface area contributed by atoms with Crippen LogP contribution in [0, 0.1) is 5.92 Å². The quantitative estimate of drug-likeness (QED) is 0.692. The lowest BCUT2D eigenvalue weighted by molar-refractivity contribution is -0.123. The van der Waals surface area contributed by atoms with Crippen LogP contribution >= 0.6 is 0 Å². The second-order valence-electron chi connectivity index (χ2n) is 4.61. The first-order valence-corrected chi connectivity index (χ1v) is 5.80. The van der Waals surface area contributed by atoms with E-state index in [-0.39, 0.29) is 5.91 Å². The van der Waals surface area contributed by atoms with Crippen molar-refractivity contribution in [2.45, 2.75) is 51.1 Å². The lowest BCUT2D eigenvalue weighted by Crippen LogP contribution is -2.46. The number of carbonyl (C=O) groups is 1. The van der Waals surface area contributed by atoms with Crippen molar-refractivity contribution in [1.82, 2.24) is 5.32 Å². The van der Waals surface area contributed by atoms with Gasteiger partial charge in [0.25, 0.3) is 0 Å². The van der Waals surface area contributed by atoms with Crippen LogP contribution in [0.5, 0.6) is 0 Å². The van der Waals surface area contributed by atoms with Gasteiger partial charge in [-0.05, 0) is 25.2 Å². The van der Waals surface area contributed by atoms with E-state index < -0.39 is 6.04 Å². The highest BCUT2D eigenvalue weighted by Gasteiger charge is 2.22. The highest BCUT2D eigenvalue weighted by atomic mass is 16.2. The van der Waals surface area contributed by atoms with Crippen molar-refractivity contribution in [3.63, 3.8) is 0 Å². The predicted molar refractivity (Wildman–Crippen MR) is 62.4 cm³/mol. The van der Waals surface area contributed by atoms with Crippen LogP contribution in [0.15, 0.2) is 12.7 Å². The molecule has 1 amide bonds. The maximum Gasteiger partial charge on any atom is 0.237 e. The van der Waals surface area contributed by atoms with Gasteiger partial charge in [-0.15, -0.1) is 6.58 Å². The van der Waals surface area contributed by atoms with Gasteiger partial charge in [-0.25, -0.2) is 0 Å². The third kappa shape index (κ3) is 4.04. The Morgan fingerprint density at radius 3 is 3.00 bits per heavy atom. The molecule has 0 aromatic carbocycles. The largest absolute Gasteiger partial charge is 0.352 e. The molecule has 0 spiro atoms. The first kappa shape index (κ1) is 12.2. The summed E-state index contributed by atoms with van der Waals surface area (Å²) in [5, 5.41) is 3.02. The summed E-state index contributed by atoms with van der Waals surface area (Å²) in [5.41, 5.74) is 5.70. The first-order valence-electron chi connectivity index (χ1n) is 5.80. The fourth-order valence-corrected chi connectivity index (χ4v) is 2.16. The number of nitrogens with two attached hydrogens (primary N) is 1. The summed E-state index contributed by atoms with van der Waals surface area (Å²) in [6, 6.07) is -0.100. The van der Waals surface area contributed by atoms with Gasteiger partial charge < -0.3 is 11.1 Å². The SMILES string of the molecule is C=CCC(N)C(=O)NC1CCCC(C)C1. The molecular weight excluding hydrogens is 188 g/mol. The minimum Gasteiger partial charge on any atom is -0.352 e. The van der Waals surface area contributed by atoms with E-state index >= 15 is 0 Å². The number of hydrogen-bond acceptors (Lipinski definition) is 2. The summed E-state index contributed by atoms with van der Waals surface area (Å²) < 4.78 is 0. The fourth-order valence-electron chi connectivity index (χ4n) is 2.16. The Kier molecular flexibility index (Phi) is 4.82. The van der Waals surface area contributed by atoms with Gasteiger partial charge in [0.2, 0.25) is 5.91 Å². The first-order chi connectivity index (χ1) is 7.13. The van der Waals surface area contributed by atoms with Crippen molar-refractivity contribution in [3.05, 3.63) is 12.7 Å². The van der Waals surface area contributed by atoms with Crippen LogP contribution in [0.1, 0.15) is 39.0 Å². The molecular formula is C12H22N2O. The average molecular weight is 210 g/mol. The molecule has 1 aliphatic rings. The molecule has 0 radical (unpaired) electrons. The van der Waals surface area contributed by atoms with Gasteiger partial charge in [0.05, 0.1) is 6.04 Å². The van der Waals surface area contributed by atoms with Gasteiger partial charge >= 0.3 is 0 Å².